The van der Waals surface area contributed by atoms with Crippen molar-refractivity contribution in [2.45, 2.75) is 19.8 Å². The van der Waals surface area contributed by atoms with Gasteiger partial charge in [0.25, 0.3) is 0 Å². The van der Waals surface area contributed by atoms with E-state index in [9.17, 15) is 9.59 Å². The zero-order valence-corrected chi connectivity index (χ0v) is 16.3. The van der Waals surface area contributed by atoms with Gasteiger partial charge in [0.05, 0.1) is 11.6 Å². The van der Waals surface area contributed by atoms with Crippen molar-refractivity contribution in [1.82, 2.24) is 9.97 Å². The van der Waals surface area contributed by atoms with Crippen LogP contribution >= 0.6 is 11.3 Å². The Bertz CT molecular complexity index is 985. The summed E-state index contributed by atoms with van der Waals surface area (Å²) in [6.45, 7) is 2.48. The van der Waals surface area contributed by atoms with Crippen LogP contribution in [-0.4, -0.2) is 28.3 Å². The van der Waals surface area contributed by atoms with Crippen molar-refractivity contribution < 1.29 is 9.59 Å². The van der Waals surface area contributed by atoms with Gasteiger partial charge in [-0.15, -0.1) is 11.3 Å². The SMILES string of the molecule is CCc1ccc(N2CC(C(=O)Nc3nc(-c4ccccn4)cs3)CC2=O)cc1. The molecule has 28 heavy (non-hydrogen) atoms. The number of anilines is 2. The molecule has 0 saturated carbocycles. The molecule has 0 spiro atoms. The predicted molar refractivity (Wildman–Crippen MR) is 110 cm³/mol. The van der Waals surface area contributed by atoms with E-state index in [2.05, 4.69) is 22.2 Å². The van der Waals surface area contributed by atoms with Gasteiger partial charge in [0.1, 0.15) is 5.69 Å². The first kappa shape index (κ1) is 18.3. The molecule has 1 saturated heterocycles. The number of benzene rings is 1. The van der Waals surface area contributed by atoms with Gasteiger partial charge in [-0.25, -0.2) is 4.98 Å². The van der Waals surface area contributed by atoms with Crippen molar-refractivity contribution >= 4 is 34.0 Å². The number of nitrogens with zero attached hydrogens (tertiary/aromatic N) is 3. The fourth-order valence-electron chi connectivity index (χ4n) is 3.21. The molecule has 0 radical (unpaired) electrons. The van der Waals surface area contributed by atoms with Crippen LogP contribution in [0.25, 0.3) is 11.4 Å². The van der Waals surface area contributed by atoms with Crippen molar-refractivity contribution in [1.29, 1.82) is 0 Å². The minimum absolute atomic E-state index is 0.0299. The number of carbonyl (C=O) groups is 2. The van der Waals surface area contributed by atoms with E-state index in [0.29, 0.717) is 11.7 Å². The summed E-state index contributed by atoms with van der Waals surface area (Å²) in [6.07, 6.45) is 2.87. The highest BCUT2D eigenvalue weighted by atomic mass is 32.1. The normalized spacial score (nSPS) is 16.4. The number of aryl methyl sites for hydroxylation is 1. The van der Waals surface area contributed by atoms with Gasteiger partial charge in [0.15, 0.2) is 5.13 Å². The number of thiazole rings is 1. The molecule has 1 aliphatic heterocycles. The van der Waals surface area contributed by atoms with Gasteiger partial charge in [-0.05, 0) is 36.2 Å². The molecular weight excluding hydrogens is 372 g/mol. The van der Waals surface area contributed by atoms with Crippen LogP contribution in [0.5, 0.6) is 0 Å². The highest BCUT2D eigenvalue weighted by molar-refractivity contribution is 7.14. The van der Waals surface area contributed by atoms with Crippen LogP contribution in [-0.2, 0) is 16.0 Å². The summed E-state index contributed by atoms with van der Waals surface area (Å²) in [4.78, 5) is 35.4. The lowest BCUT2D eigenvalue weighted by Gasteiger charge is -2.17. The molecular formula is C21H20N4O2S. The molecule has 0 bridgehead atoms. The van der Waals surface area contributed by atoms with Crippen molar-refractivity contribution in [2.24, 2.45) is 5.92 Å². The molecule has 6 nitrogen and oxygen atoms in total. The smallest absolute Gasteiger partial charge is 0.231 e. The molecule has 1 aliphatic rings. The summed E-state index contributed by atoms with van der Waals surface area (Å²) in [6, 6.07) is 13.5. The maximum atomic E-state index is 12.6. The van der Waals surface area contributed by atoms with Crippen molar-refractivity contribution in [2.75, 3.05) is 16.8 Å². The van der Waals surface area contributed by atoms with E-state index in [1.165, 1.54) is 16.9 Å². The molecule has 7 heteroatoms. The lowest BCUT2D eigenvalue weighted by atomic mass is 10.1. The molecule has 1 fully saturated rings. The molecule has 4 rings (SSSR count). The second-order valence-electron chi connectivity index (χ2n) is 6.67. The van der Waals surface area contributed by atoms with Gasteiger partial charge in [-0.2, -0.15) is 0 Å². The van der Waals surface area contributed by atoms with E-state index in [4.69, 9.17) is 0 Å². The highest BCUT2D eigenvalue weighted by Crippen LogP contribution is 2.28. The average Bonchev–Trinajstić information content (AvgIpc) is 3.35. The fourth-order valence-corrected chi connectivity index (χ4v) is 3.92. The standard InChI is InChI=1S/C21H20N4O2S/c1-2-14-6-8-16(9-7-14)25-12-15(11-19(25)26)20(27)24-21-23-18(13-28-21)17-5-3-4-10-22-17/h3-10,13,15H,2,11-12H2,1H3,(H,23,24,27). The number of hydrogen-bond acceptors (Lipinski definition) is 5. The molecule has 3 aromatic rings. The van der Waals surface area contributed by atoms with E-state index < -0.39 is 0 Å². The number of aromatic nitrogens is 2. The van der Waals surface area contributed by atoms with E-state index in [1.807, 2.05) is 47.8 Å². The van der Waals surface area contributed by atoms with Crippen molar-refractivity contribution in [3.63, 3.8) is 0 Å². The molecule has 1 atom stereocenters. The second kappa shape index (κ2) is 7.90. The molecule has 142 valence electrons. The van der Waals surface area contributed by atoms with Gasteiger partial charge in [0.2, 0.25) is 11.8 Å². The van der Waals surface area contributed by atoms with E-state index in [1.54, 1.807) is 11.1 Å². The summed E-state index contributed by atoms with van der Waals surface area (Å²) in [5, 5.41) is 5.22. The summed E-state index contributed by atoms with van der Waals surface area (Å²) < 4.78 is 0. The minimum Gasteiger partial charge on any atom is -0.312 e. The van der Waals surface area contributed by atoms with Crippen LogP contribution in [0.3, 0.4) is 0 Å². The summed E-state index contributed by atoms with van der Waals surface area (Å²) in [5.74, 6) is -0.596. The Morgan fingerprint density at radius 1 is 1.21 bits per heavy atom. The number of hydrogen-bond donors (Lipinski definition) is 1. The molecule has 2 aromatic heterocycles. The van der Waals surface area contributed by atoms with Gasteiger partial charge in [-0.1, -0.05) is 25.1 Å². The highest BCUT2D eigenvalue weighted by Gasteiger charge is 2.35. The third-order valence-electron chi connectivity index (χ3n) is 4.81. The number of pyridine rings is 1. The topological polar surface area (TPSA) is 75.2 Å². The van der Waals surface area contributed by atoms with Crippen LogP contribution in [0.15, 0.2) is 54.0 Å². The minimum atomic E-state index is -0.388. The Hall–Kier alpha value is -3.06. The molecule has 3 heterocycles. The summed E-state index contributed by atoms with van der Waals surface area (Å²) >= 11 is 1.35. The van der Waals surface area contributed by atoms with Crippen LogP contribution in [0.4, 0.5) is 10.8 Å². The van der Waals surface area contributed by atoms with Crippen LogP contribution in [0.1, 0.15) is 18.9 Å². The molecule has 1 unspecified atom stereocenters. The molecule has 0 aliphatic carbocycles. The Kier molecular flexibility index (Phi) is 5.16. The largest absolute Gasteiger partial charge is 0.312 e. The Balaban J connectivity index is 1.41. The first-order chi connectivity index (χ1) is 13.6. The van der Waals surface area contributed by atoms with Gasteiger partial charge in [-0.3, -0.25) is 14.6 Å². The van der Waals surface area contributed by atoms with E-state index in [0.717, 1.165) is 23.5 Å². The molecule has 2 amide bonds. The van der Waals surface area contributed by atoms with Crippen LogP contribution < -0.4 is 10.2 Å². The van der Waals surface area contributed by atoms with Crippen LogP contribution in [0.2, 0.25) is 0 Å². The zero-order valence-electron chi connectivity index (χ0n) is 15.5. The Morgan fingerprint density at radius 3 is 2.75 bits per heavy atom. The number of carbonyl (C=O) groups excluding carboxylic acids is 2. The quantitative estimate of drug-likeness (QED) is 0.717. The first-order valence-corrected chi connectivity index (χ1v) is 10.1. The zero-order chi connectivity index (χ0) is 19.5. The monoisotopic (exact) mass is 392 g/mol. The second-order valence-corrected chi connectivity index (χ2v) is 7.53. The Labute approximate surface area is 167 Å². The Morgan fingerprint density at radius 2 is 2.04 bits per heavy atom. The maximum Gasteiger partial charge on any atom is 0.231 e. The number of rotatable bonds is 5. The number of nitrogens with one attached hydrogen (secondary N) is 1. The third kappa shape index (κ3) is 3.80. The van der Waals surface area contributed by atoms with Gasteiger partial charge >= 0.3 is 0 Å². The van der Waals surface area contributed by atoms with Crippen LogP contribution in [0, 0.1) is 5.92 Å². The van der Waals surface area contributed by atoms with E-state index >= 15 is 0 Å². The first-order valence-electron chi connectivity index (χ1n) is 9.21. The molecule has 1 N–H and O–H groups in total. The van der Waals surface area contributed by atoms with E-state index in [-0.39, 0.29) is 24.2 Å². The summed E-state index contributed by atoms with van der Waals surface area (Å²) in [5.41, 5.74) is 3.54. The summed E-state index contributed by atoms with van der Waals surface area (Å²) in [7, 11) is 0. The lowest BCUT2D eigenvalue weighted by molar-refractivity contribution is -0.122. The molecule has 1 aromatic carbocycles. The van der Waals surface area contributed by atoms with Crippen molar-refractivity contribution in [3.8, 4) is 11.4 Å². The number of amides is 2. The third-order valence-corrected chi connectivity index (χ3v) is 5.57. The predicted octanol–water partition coefficient (Wildman–Crippen LogP) is 3.76. The van der Waals surface area contributed by atoms with Gasteiger partial charge < -0.3 is 10.2 Å². The lowest BCUT2D eigenvalue weighted by Crippen LogP contribution is -2.28. The van der Waals surface area contributed by atoms with Crippen molar-refractivity contribution in [3.05, 3.63) is 59.6 Å². The maximum absolute atomic E-state index is 12.6. The van der Waals surface area contributed by atoms with Gasteiger partial charge in [0, 0.05) is 30.2 Å². The fraction of sp³-hybridized carbons (Fsp3) is 0.238. The average molecular weight is 392 g/mol.